The Hall–Kier alpha value is -1.22. The van der Waals surface area contributed by atoms with Gasteiger partial charge in [0.05, 0.1) is 0 Å². The molecule has 0 saturated carbocycles. The molecule has 0 bridgehead atoms. The van der Waals surface area contributed by atoms with Crippen LogP contribution in [-0.4, -0.2) is 34.0 Å². The van der Waals surface area contributed by atoms with Gasteiger partial charge in [-0.05, 0) is 20.8 Å². The standard InChI is InChI=1S/C10H13BCl2N2O5/c1-10(2,3)19-9(16)15-6-4-5(20-11(17)18)7(12)8(13)14-6/h4,17-18H,1-3H3,(H,14,15,16). The molecule has 0 radical (unpaired) electrons. The van der Waals surface area contributed by atoms with Crippen LogP contribution in [0.2, 0.25) is 10.2 Å². The maximum absolute atomic E-state index is 11.6. The topological polar surface area (TPSA) is 101 Å². The van der Waals surface area contributed by atoms with Gasteiger partial charge in [0.2, 0.25) is 0 Å². The number of carbonyl (C=O) groups excluding carboxylic acids is 1. The number of nitrogens with one attached hydrogen (secondary N) is 1. The summed E-state index contributed by atoms with van der Waals surface area (Å²) in [6.45, 7) is 5.10. The molecule has 1 aromatic heterocycles. The lowest BCUT2D eigenvalue weighted by atomic mass is 10.2. The fourth-order valence-electron chi connectivity index (χ4n) is 1.15. The smallest absolute Gasteiger partial charge is 0.510 e. The van der Waals surface area contributed by atoms with Crippen LogP contribution in [0.4, 0.5) is 10.6 Å². The first-order valence-electron chi connectivity index (χ1n) is 5.47. The van der Waals surface area contributed by atoms with Crippen LogP contribution in [0, 0.1) is 0 Å². The van der Waals surface area contributed by atoms with Crippen molar-refractivity contribution in [1.82, 2.24) is 4.98 Å². The number of amides is 1. The summed E-state index contributed by atoms with van der Waals surface area (Å²) in [5, 5.41) is 19.5. The number of aromatic nitrogens is 1. The molecule has 10 heteroatoms. The minimum absolute atomic E-state index is 0.00991. The first-order valence-corrected chi connectivity index (χ1v) is 6.23. The molecule has 110 valence electrons. The van der Waals surface area contributed by atoms with Crippen molar-refractivity contribution in [3.05, 3.63) is 16.2 Å². The van der Waals surface area contributed by atoms with Crippen molar-refractivity contribution in [3.8, 4) is 5.75 Å². The molecule has 1 heterocycles. The van der Waals surface area contributed by atoms with Crippen molar-refractivity contribution in [2.75, 3.05) is 5.32 Å². The SMILES string of the molecule is CC(C)(C)OC(=O)Nc1cc(OB(O)O)c(Cl)c(Cl)n1. The lowest BCUT2D eigenvalue weighted by Gasteiger charge is -2.19. The molecule has 0 aliphatic heterocycles. The van der Waals surface area contributed by atoms with E-state index in [1.54, 1.807) is 20.8 Å². The zero-order valence-corrected chi connectivity index (χ0v) is 12.5. The number of hydrogen-bond donors (Lipinski definition) is 3. The molecule has 20 heavy (non-hydrogen) atoms. The van der Waals surface area contributed by atoms with Gasteiger partial charge in [-0.25, -0.2) is 9.78 Å². The van der Waals surface area contributed by atoms with Gasteiger partial charge >= 0.3 is 13.4 Å². The average Bonchev–Trinajstić information content (AvgIpc) is 2.21. The molecule has 0 aromatic carbocycles. The third kappa shape index (κ3) is 5.42. The van der Waals surface area contributed by atoms with Crippen LogP contribution >= 0.6 is 23.2 Å². The van der Waals surface area contributed by atoms with Crippen LogP contribution in [0.1, 0.15) is 20.8 Å². The highest BCUT2D eigenvalue weighted by atomic mass is 35.5. The van der Waals surface area contributed by atoms with Gasteiger partial charge in [-0.3, -0.25) is 5.32 Å². The van der Waals surface area contributed by atoms with E-state index < -0.39 is 19.0 Å². The molecule has 0 spiro atoms. The number of halogens is 2. The van der Waals surface area contributed by atoms with Gasteiger partial charge in [0, 0.05) is 6.07 Å². The van der Waals surface area contributed by atoms with E-state index in [4.69, 9.17) is 38.0 Å². The second-order valence-corrected chi connectivity index (χ2v) is 5.42. The van der Waals surface area contributed by atoms with Crippen LogP contribution in [0.5, 0.6) is 5.75 Å². The number of nitrogens with zero attached hydrogens (tertiary/aromatic N) is 1. The summed E-state index contributed by atoms with van der Waals surface area (Å²) in [4.78, 5) is 15.4. The number of ether oxygens (including phenoxy) is 1. The Morgan fingerprint density at radius 2 is 2.00 bits per heavy atom. The summed E-state index contributed by atoms with van der Waals surface area (Å²) in [5.74, 6) is -0.156. The Bertz CT molecular complexity index is 507. The highest BCUT2D eigenvalue weighted by molar-refractivity contribution is 6.43. The van der Waals surface area contributed by atoms with E-state index in [1.807, 2.05) is 0 Å². The summed E-state index contributed by atoms with van der Waals surface area (Å²) in [5.41, 5.74) is -0.680. The summed E-state index contributed by atoms with van der Waals surface area (Å²) in [6, 6.07) is 1.18. The molecular weight excluding hydrogens is 310 g/mol. The largest absolute Gasteiger partial charge is 0.707 e. The van der Waals surface area contributed by atoms with Gasteiger partial charge in [-0.15, -0.1) is 0 Å². The number of pyridine rings is 1. The molecule has 3 N–H and O–H groups in total. The number of carbonyl (C=O) groups is 1. The van der Waals surface area contributed by atoms with Gasteiger partial charge < -0.3 is 19.4 Å². The van der Waals surface area contributed by atoms with Crippen molar-refractivity contribution >= 4 is 42.4 Å². The molecule has 7 nitrogen and oxygen atoms in total. The molecule has 0 saturated heterocycles. The predicted molar refractivity (Wildman–Crippen MR) is 74.9 cm³/mol. The third-order valence-electron chi connectivity index (χ3n) is 1.75. The molecule has 0 unspecified atom stereocenters. The second kappa shape index (κ2) is 6.49. The third-order valence-corrected chi connectivity index (χ3v) is 2.48. The lowest BCUT2D eigenvalue weighted by molar-refractivity contribution is 0.0635. The Kier molecular flexibility index (Phi) is 5.46. The van der Waals surface area contributed by atoms with E-state index in [9.17, 15) is 4.79 Å². The molecule has 1 rings (SSSR count). The van der Waals surface area contributed by atoms with Gasteiger partial charge in [0.1, 0.15) is 22.2 Å². The maximum atomic E-state index is 11.6. The highest BCUT2D eigenvalue weighted by Gasteiger charge is 2.20. The summed E-state index contributed by atoms with van der Waals surface area (Å²) in [6.07, 6.45) is -0.751. The minimum atomic E-state index is -2.08. The second-order valence-electron chi connectivity index (χ2n) is 4.68. The molecule has 1 aromatic rings. The van der Waals surface area contributed by atoms with Crippen LogP contribution in [-0.2, 0) is 4.74 Å². The lowest BCUT2D eigenvalue weighted by Crippen LogP contribution is -2.27. The van der Waals surface area contributed by atoms with Crippen molar-refractivity contribution < 1.29 is 24.2 Å². The van der Waals surface area contributed by atoms with E-state index in [1.165, 1.54) is 6.07 Å². The highest BCUT2D eigenvalue weighted by Crippen LogP contribution is 2.33. The van der Waals surface area contributed by atoms with E-state index >= 15 is 0 Å². The average molecular weight is 323 g/mol. The Morgan fingerprint density at radius 1 is 1.40 bits per heavy atom. The monoisotopic (exact) mass is 322 g/mol. The van der Waals surface area contributed by atoms with E-state index in [0.29, 0.717) is 0 Å². The quantitative estimate of drug-likeness (QED) is 0.582. The number of anilines is 1. The zero-order valence-electron chi connectivity index (χ0n) is 11.0. The fourth-order valence-corrected chi connectivity index (χ4v) is 1.47. The van der Waals surface area contributed by atoms with Crippen LogP contribution in [0.3, 0.4) is 0 Å². The predicted octanol–water partition coefficient (Wildman–Crippen LogP) is 2.08. The van der Waals surface area contributed by atoms with Crippen LogP contribution in [0.15, 0.2) is 6.07 Å². The normalized spacial score (nSPS) is 10.9. The first kappa shape index (κ1) is 16.8. The summed E-state index contributed by atoms with van der Waals surface area (Å²) >= 11 is 11.5. The van der Waals surface area contributed by atoms with Gasteiger partial charge in [0.15, 0.2) is 5.15 Å². The van der Waals surface area contributed by atoms with Gasteiger partial charge in [0.25, 0.3) is 0 Å². The van der Waals surface area contributed by atoms with Crippen molar-refractivity contribution in [1.29, 1.82) is 0 Å². The molecule has 0 fully saturated rings. The van der Waals surface area contributed by atoms with E-state index in [-0.39, 0.29) is 21.7 Å². The molecule has 0 aliphatic carbocycles. The van der Waals surface area contributed by atoms with Crippen LogP contribution in [0.25, 0.3) is 0 Å². The van der Waals surface area contributed by atoms with E-state index in [2.05, 4.69) is 15.0 Å². The maximum Gasteiger partial charge on any atom is 0.707 e. The fraction of sp³-hybridized carbons (Fsp3) is 0.400. The summed E-state index contributed by atoms with van der Waals surface area (Å²) in [7, 11) is -2.08. The Labute approximate surface area is 126 Å². The zero-order chi connectivity index (χ0) is 15.5. The van der Waals surface area contributed by atoms with Crippen LogP contribution < -0.4 is 9.97 Å². The van der Waals surface area contributed by atoms with Crippen molar-refractivity contribution in [2.24, 2.45) is 0 Å². The van der Waals surface area contributed by atoms with Gasteiger partial charge in [-0.1, -0.05) is 23.2 Å². The Balaban J connectivity index is 2.91. The molecule has 0 atom stereocenters. The molecule has 0 aliphatic rings. The number of hydrogen-bond acceptors (Lipinski definition) is 6. The van der Waals surface area contributed by atoms with Crippen molar-refractivity contribution in [3.63, 3.8) is 0 Å². The summed E-state index contributed by atoms with van der Waals surface area (Å²) < 4.78 is 9.64. The van der Waals surface area contributed by atoms with Gasteiger partial charge in [-0.2, -0.15) is 0 Å². The number of rotatable bonds is 3. The first-order chi connectivity index (χ1) is 9.08. The van der Waals surface area contributed by atoms with Crippen molar-refractivity contribution in [2.45, 2.75) is 26.4 Å². The van der Waals surface area contributed by atoms with E-state index in [0.717, 1.165) is 0 Å². The minimum Gasteiger partial charge on any atom is -0.510 e. The Morgan fingerprint density at radius 3 is 2.50 bits per heavy atom. The molecule has 1 amide bonds. The molecular formula is C10H13BCl2N2O5.